The molecule has 3 nitrogen and oxygen atoms in total. The predicted molar refractivity (Wildman–Crippen MR) is 69.8 cm³/mol. The number of ether oxygens (including phenoxy) is 1. The number of methoxy groups -OCH3 is 1. The minimum absolute atomic E-state index is 0.0718. The summed E-state index contributed by atoms with van der Waals surface area (Å²) >= 11 is 5.92. The van der Waals surface area contributed by atoms with Gasteiger partial charge < -0.3 is 10.5 Å². The molecule has 2 N–H and O–H groups in total. The Morgan fingerprint density at radius 2 is 2.00 bits per heavy atom. The smallest absolute Gasteiger partial charge is 0.182 e. The van der Waals surface area contributed by atoms with Crippen LogP contribution in [0.4, 0.5) is 0 Å². The van der Waals surface area contributed by atoms with E-state index in [0.29, 0.717) is 29.2 Å². The van der Waals surface area contributed by atoms with Gasteiger partial charge in [0.05, 0.1) is 17.7 Å². The molecule has 0 fully saturated rings. The van der Waals surface area contributed by atoms with Crippen LogP contribution in [0.3, 0.4) is 0 Å². The average Bonchev–Trinajstić information content (AvgIpc) is 2.37. The van der Waals surface area contributed by atoms with Crippen LogP contribution in [0.2, 0.25) is 5.02 Å². The Kier molecular flexibility index (Phi) is 4.54. The second-order valence-corrected chi connectivity index (χ2v) is 4.45. The molecule has 17 heavy (non-hydrogen) atoms. The van der Waals surface area contributed by atoms with Crippen LogP contribution in [0.15, 0.2) is 18.2 Å². The fraction of sp³-hybridized carbons (Fsp3) is 0.462. The van der Waals surface area contributed by atoms with Gasteiger partial charge in [-0.15, -0.1) is 0 Å². The van der Waals surface area contributed by atoms with E-state index in [0.717, 1.165) is 0 Å². The van der Waals surface area contributed by atoms with Gasteiger partial charge in [0.15, 0.2) is 5.78 Å². The second kappa shape index (κ2) is 5.52. The number of nitrogens with two attached hydrogens (primary N) is 1. The number of hydrogen-bond acceptors (Lipinski definition) is 3. The highest BCUT2D eigenvalue weighted by molar-refractivity contribution is 6.32. The Labute approximate surface area is 107 Å². The fourth-order valence-corrected chi connectivity index (χ4v) is 1.85. The van der Waals surface area contributed by atoms with E-state index in [9.17, 15) is 4.79 Å². The Morgan fingerprint density at radius 3 is 2.47 bits per heavy atom. The number of hydrogen-bond donors (Lipinski definition) is 1. The van der Waals surface area contributed by atoms with Crippen LogP contribution in [0.5, 0.6) is 5.75 Å². The van der Waals surface area contributed by atoms with Crippen LogP contribution in [0, 0.1) is 0 Å². The molecule has 0 aliphatic carbocycles. The predicted octanol–water partition coefficient (Wildman–Crippen LogP) is 3.05. The van der Waals surface area contributed by atoms with Crippen molar-refractivity contribution in [3.05, 3.63) is 28.8 Å². The van der Waals surface area contributed by atoms with Crippen molar-refractivity contribution in [1.29, 1.82) is 0 Å². The first-order valence-electron chi connectivity index (χ1n) is 5.65. The molecule has 0 saturated carbocycles. The van der Waals surface area contributed by atoms with Crippen LogP contribution in [-0.4, -0.2) is 18.4 Å². The van der Waals surface area contributed by atoms with E-state index in [1.165, 1.54) is 7.11 Å². The molecule has 1 aromatic carbocycles. The first-order chi connectivity index (χ1) is 7.98. The summed E-state index contributed by atoms with van der Waals surface area (Å²) in [6, 6.07) is 4.97. The normalized spacial score (nSPS) is 11.4. The third kappa shape index (κ3) is 2.79. The number of carbonyl (C=O) groups is 1. The van der Waals surface area contributed by atoms with Gasteiger partial charge in [-0.2, -0.15) is 0 Å². The van der Waals surface area contributed by atoms with Crippen molar-refractivity contribution in [2.75, 3.05) is 7.11 Å². The molecule has 0 radical (unpaired) electrons. The van der Waals surface area contributed by atoms with Crippen LogP contribution < -0.4 is 10.5 Å². The second-order valence-electron chi connectivity index (χ2n) is 4.04. The van der Waals surface area contributed by atoms with E-state index in [-0.39, 0.29) is 5.78 Å². The van der Waals surface area contributed by atoms with Crippen LogP contribution in [-0.2, 0) is 0 Å². The Balaban J connectivity index is 3.12. The summed E-state index contributed by atoms with van der Waals surface area (Å²) < 4.78 is 5.09. The zero-order chi connectivity index (χ0) is 13.1. The van der Waals surface area contributed by atoms with Gasteiger partial charge in [0.2, 0.25) is 0 Å². The lowest BCUT2D eigenvalue weighted by Gasteiger charge is -2.25. The average molecular weight is 256 g/mol. The lowest BCUT2D eigenvalue weighted by atomic mass is 9.85. The van der Waals surface area contributed by atoms with E-state index in [1.807, 2.05) is 13.8 Å². The molecule has 0 atom stereocenters. The molecule has 0 saturated heterocycles. The van der Waals surface area contributed by atoms with Crippen molar-refractivity contribution in [1.82, 2.24) is 0 Å². The number of Topliss-reactive ketones (excluding diaryl/α,β-unsaturated/α-hetero) is 1. The van der Waals surface area contributed by atoms with E-state index in [1.54, 1.807) is 18.2 Å². The molecule has 0 aliphatic rings. The van der Waals surface area contributed by atoms with Crippen molar-refractivity contribution in [2.24, 2.45) is 5.73 Å². The van der Waals surface area contributed by atoms with Gasteiger partial charge in [0.1, 0.15) is 5.75 Å². The van der Waals surface area contributed by atoms with E-state index in [4.69, 9.17) is 22.1 Å². The molecular formula is C13H18ClNO2. The van der Waals surface area contributed by atoms with Gasteiger partial charge in [-0.25, -0.2) is 0 Å². The largest absolute Gasteiger partial charge is 0.495 e. The van der Waals surface area contributed by atoms with Crippen molar-refractivity contribution in [2.45, 2.75) is 32.2 Å². The summed E-state index contributed by atoms with van der Waals surface area (Å²) in [6.07, 6.45) is 1.21. The molecule has 0 amide bonds. The molecule has 0 aliphatic heterocycles. The maximum Gasteiger partial charge on any atom is 0.182 e. The van der Waals surface area contributed by atoms with Crippen LogP contribution >= 0.6 is 11.6 Å². The Hall–Kier alpha value is -1.06. The third-order valence-corrected chi connectivity index (χ3v) is 3.44. The molecule has 0 bridgehead atoms. The molecule has 94 valence electrons. The summed E-state index contributed by atoms with van der Waals surface area (Å²) in [5.41, 5.74) is 5.81. The van der Waals surface area contributed by atoms with E-state index < -0.39 is 5.54 Å². The molecule has 0 aromatic heterocycles. The molecule has 0 spiro atoms. The maximum atomic E-state index is 12.3. The standard InChI is InChI=1S/C13H18ClNO2/c1-4-13(15,5-2)12(16)9-6-7-10(14)11(8-9)17-3/h6-8H,4-5,15H2,1-3H3. The van der Waals surface area contributed by atoms with Gasteiger partial charge in [0, 0.05) is 5.56 Å². The van der Waals surface area contributed by atoms with Gasteiger partial charge in [-0.3, -0.25) is 4.79 Å². The van der Waals surface area contributed by atoms with Gasteiger partial charge in [-0.05, 0) is 31.0 Å². The minimum Gasteiger partial charge on any atom is -0.495 e. The van der Waals surface area contributed by atoms with Crippen molar-refractivity contribution < 1.29 is 9.53 Å². The van der Waals surface area contributed by atoms with E-state index in [2.05, 4.69) is 0 Å². The Bertz CT molecular complexity index is 414. The Morgan fingerprint density at radius 1 is 1.41 bits per heavy atom. The van der Waals surface area contributed by atoms with Crippen LogP contribution in [0.25, 0.3) is 0 Å². The SMILES string of the molecule is CCC(N)(CC)C(=O)c1ccc(Cl)c(OC)c1. The van der Waals surface area contributed by atoms with Gasteiger partial charge in [0.25, 0.3) is 0 Å². The highest BCUT2D eigenvalue weighted by atomic mass is 35.5. The first kappa shape index (κ1) is 14.0. The zero-order valence-corrected chi connectivity index (χ0v) is 11.2. The van der Waals surface area contributed by atoms with E-state index >= 15 is 0 Å². The number of rotatable bonds is 5. The molecule has 4 heteroatoms. The van der Waals surface area contributed by atoms with Crippen molar-refractivity contribution in [3.63, 3.8) is 0 Å². The summed E-state index contributed by atoms with van der Waals surface area (Å²) in [7, 11) is 1.52. The monoisotopic (exact) mass is 255 g/mol. The molecule has 1 aromatic rings. The lowest BCUT2D eigenvalue weighted by Crippen LogP contribution is -2.46. The number of ketones is 1. The van der Waals surface area contributed by atoms with Crippen LogP contribution in [0.1, 0.15) is 37.0 Å². The quantitative estimate of drug-likeness (QED) is 0.823. The fourth-order valence-electron chi connectivity index (χ4n) is 1.66. The summed E-state index contributed by atoms with van der Waals surface area (Å²) in [5.74, 6) is 0.421. The lowest BCUT2D eigenvalue weighted by molar-refractivity contribution is 0.0879. The number of benzene rings is 1. The first-order valence-corrected chi connectivity index (χ1v) is 6.03. The molecular weight excluding hydrogens is 238 g/mol. The summed E-state index contributed by atoms with van der Waals surface area (Å²) in [4.78, 5) is 12.3. The highest BCUT2D eigenvalue weighted by Crippen LogP contribution is 2.27. The minimum atomic E-state index is -0.807. The number of halogens is 1. The maximum absolute atomic E-state index is 12.3. The molecule has 1 rings (SSSR count). The van der Waals surface area contributed by atoms with Crippen molar-refractivity contribution in [3.8, 4) is 5.75 Å². The third-order valence-electron chi connectivity index (χ3n) is 3.13. The van der Waals surface area contributed by atoms with Gasteiger partial charge in [-0.1, -0.05) is 25.4 Å². The summed E-state index contributed by atoms with van der Waals surface area (Å²) in [6.45, 7) is 3.82. The summed E-state index contributed by atoms with van der Waals surface area (Å²) in [5, 5.41) is 0.486. The highest BCUT2D eigenvalue weighted by Gasteiger charge is 2.31. The number of carbonyl (C=O) groups excluding carboxylic acids is 1. The van der Waals surface area contributed by atoms with Gasteiger partial charge >= 0.3 is 0 Å². The molecule has 0 unspecified atom stereocenters. The van der Waals surface area contributed by atoms with Crippen molar-refractivity contribution >= 4 is 17.4 Å². The zero-order valence-electron chi connectivity index (χ0n) is 10.4. The topological polar surface area (TPSA) is 52.3 Å². The molecule has 0 heterocycles.